The van der Waals surface area contributed by atoms with Crippen molar-refractivity contribution in [2.75, 3.05) is 5.75 Å². The van der Waals surface area contributed by atoms with Crippen molar-refractivity contribution >= 4 is 16.0 Å². The van der Waals surface area contributed by atoms with Crippen molar-refractivity contribution in [2.45, 2.75) is 154 Å². The van der Waals surface area contributed by atoms with Gasteiger partial charge in [0, 0.05) is 6.42 Å². The van der Waals surface area contributed by atoms with Crippen LogP contribution in [0.4, 0.5) is 0 Å². The summed E-state index contributed by atoms with van der Waals surface area (Å²) in [6, 6.07) is -1.08. The Morgan fingerprint density at radius 1 is 0.659 bits per heavy atom. The summed E-state index contributed by atoms with van der Waals surface area (Å²) < 4.78 is 32.2. The predicted molar refractivity (Wildman–Crippen MR) is 175 cm³/mol. The first-order valence-corrected chi connectivity index (χ1v) is 17.9. The lowest BCUT2D eigenvalue weighted by molar-refractivity contribution is -0.122. The molecule has 2 atom stereocenters. The molecule has 6 nitrogen and oxygen atoms in total. The Labute approximate surface area is 252 Å². The number of allylic oxidation sites excluding steroid dienone is 7. The minimum Gasteiger partial charge on any atom is -0.387 e. The summed E-state index contributed by atoms with van der Waals surface area (Å²) in [5.41, 5.74) is 0. The van der Waals surface area contributed by atoms with Gasteiger partial charge in [-0.1, -0.05) is 127 Å². The smallest absolute Gasteiger partial charge is 0.267 e. The molecule has 41 heavy (non-hydrogen) atoms. The topological polar surface area (TPSA) is 104 Å². The van der Waals surface area contributed by atoms with Crippen molar-refractivity contribution in [1.82, 2.24) is 5.32 Å². The maximum atomic E-state index is 12.4. The second-order valence-corrected chi connectivity index (χ2v) is 12.6. The molecule has 3 N–H and O–H groups in total. The molecular formula is C34H61NO5S. The zero-order valence-corrected chi connectivity index (χ0v) is 27.0. The fraction of sp³-hybridized carbons (Fsp3) is 0.735. The summed E-state index contributed by atoms with van der Waals surface area (Å²) in [6.07, 6.45) is 36.6. The number of unbranched alkanes of at least 4 members (excludes halogenated alkanes) is 14. The molecule has 0 aromatic carbocycles. The molecule has 0 aliphatic rings. The van der Waals surface area contributed by atoms with E-state index in [4.69, 9.17) is 0 Å². The molecule has 0 bridgehead atoms. The van der Waals surface area contributed by atoms with Gasteiger partial charge in [0.2, 0.25) is 5.91 Å². The zero-order valence-electron chi connectivity index (χ0n) is 26.2. The third-order valence-electron chi connectivity index (χ3n) is 6.98. The Morgan fingerprint density at radius 3 is 1.76 bits per heavy atom. The van der Waals surface area contributed by atoms with Crippen LogP contribution in [0.15, 0.2) is 48.6 Å². The van der Waals surface area contributed by atoms with Crippen LogP contribution in [0.3, 0.4) is 0 Å². The van der Waals surface area contributed by atoms with Gasteiger partial charge in [0.25, 0.3) is 10.1 Å². The van der Waals surface area contributed by atoms with E-state index >= 15 is 0 Å². The number of hydrogen-bond acceptors (Lipinski definition) is 4. The van der Waals surface area contributed by atoms with Gasteiger partial charge in [-0.25, -0.2) is 0 Å². The van der Waals surface area contributed by atoms with E-state index in [-0.39, 0.29) is 12.3 Å². The summed E-state index contributed by atoms with van der Waals surface area (Å²) in [6.45, 7) is 4.43. The van der Waals surface area contributed by atoms with Gasteiger partial charge in [0.05, 0.1) is 17.9 Å². The predicted octanol–water partition coefficient (Wildman–Crippen LogP) is 8.79. The van der Waals surface area contributed by atoms with Crippen molar-refractivity contribution in [1.29, 1.82) is 0 Å². The normalized spacial score (nSPS) is 14.1. The Balaban J connectivity index is 4.15. The van der Waals surface area contributed by atoms with Crippen molar-refractivity contribution in [3.8, 4) is 0 Å². The van der Waals surface area contributed by atoms with Crippen LogP contribution in [0.1, 0.15) is 142 Å². The van der Waals surface area contributed by atoms with Crippen molar-refractivity contribution in [3.05, 3.63) is 48.6 Å². The molecule has 1 amide bonds. The number of rotatable bonds is 28. The minimum atomic E-state index is -4.35. The van der Waals surface area contributed by atoms with Crippen LogP contribution in [0, 0.1) is 0 Å². The van der Waals surface area contributed by atoms with E-state index < -0.39 is 28.0 Å². The average Bonchev–Trinajstić information content (AvgIpc) is 2.92. The first-order valence-electron chi connectivity index (χ1n) is 16.3. The van der Waals surface area contributed by atoms with Crippen LogP contribution in [0.5, 0.6) is 0 Å². The van der Waals surface area contributed by atoms with E-state index in [1.54, 1.807) is 6.08 Å². The Morgan fingerprint density at radius 2 is 1.15 bits per heavy atom. The molecule has 0 heterocycles. The van der Waals surface area contributed by atoms with E-state index in [0.717, 1.165) is 51.4 Å². The van der Waals surface area contributed by atoms with Gasteiger partial charge in [-0.3, -0.25) is 9.35 Å². The molecule has 0 aromatic heterocycles. The molecule has 0 spiro atoms. The Kier molecular flexibility index (Phi) is 27.2. The van der Waals surface area contributed by atoms with Crippen LogP contribution < -0.4 is 5.32 Å². The Bertz CT molecular complexity index is 832. The summed E-state index contributed by atoms with van der Waals surface area (Å²) >= 11 is 0. The highest BCUT2D eigenvalue weighted by atomic mass is 32.2. The van der Waals surface area contributed by atoms with E-state index in [0.29, 0.717) is 12.8 Å². The third-order valence-corrected chi connectivity index (χ3v) is 7.76. The summed E-state index contributed by atoms with van der Waals surface area (Å²) in [4.78, 5) is 12.4. The molecule has 238 valence electrons. The molecule has 0 fully saturated rings. The standard InChI is InChI=1S/C34H61NO5S/c1-3-5-7-9-11-13-15-17-18-20-22-24-26-28-30-34(37)35-32(31-41(38,39)40)33(36)29-27-25-23-21-19-16-14-12-10-8-6-4-2/h9,11,15,17,19,21,27,29,32-33,36H,3-8,10,12-14,16,18,20,22-26,28,30-31H2,1-2H3,(H,35,37)(H,38,39,40)/b11-9-,17-15-,21-19+,29-27+. The molecule has 0 aliphatic carbocycles. The largest absolute Gasteiger partial charge is 0.387 e. The lowest BCUT2D eigenvalue weighted by atomic mass is 10.1. The highest BCUT2D eigenvalue weighted by Crippen LogP contribution is 2.10. The highest BCUT2D eigenvalue weighted by Gasteiger charge is 2.24. The molecule has 0 saturated carbocycles. The average molecular weight is 596 g/mol. The maximum Gasteiger partial charge on any atom is 0.267 e. The van der Waals surface area contributed by atoms with Crippen molar-refractivity contribution in [3.63, 3.8) is 0 Å². The number of aliphatic hydroxyl groups is 1. The lowest BCUT2D eigenvalue weighted by Crippen LogP contribution is -2.46. The van der Waals surface area contributed by atoms with Gasteiger partial charge in [-0.2, -0.15) is 8.42 Å². The SMILES string of the molecule is CCCC/C=C\C/C=C\CCCCCCCC(=O)NC(CS(=O)(=O)O)C(O)/C=C/CC/C=C/CCCCCCCC. The van der Waals surface area contributed by atoms with Crippen LogP contribution in [0.2, 0.25) is 0 Å². The molecule has 0 radical (unpaired) electrons. The third kappa shape index (κ3) is 29.6. The molecular weight excluding hydrogens is 534 g/mol. The molecule has 0 aromatic rings. The molecule has 7 heteroatoms. The number of hydrogen-bond donors (Lipinski definition) is 3. The van der Waals surface area contributed by atoms with Crippen LogP contribution in [-0.2, 0) is 14.9 Å². The van der Waals surface area contributed by atoms with E-state index in [9.17, 15) is 22.9 Å². The second-order valence-electron chi connectivity index (χ2n) is 11.1. The first kappa shape index (κ1) is 39.3. The van der Waals surface area contributed by atoms with Crippen LogP contribution in [-0.4, -0.2) is 41.9 Å². The van der Waals surface area contributed by atoms with E-state index in [1.807, 2.05) is 0 Å². The highest BCUT2D eigenvalue weighted by molar-refractivity contribution is 7.85. The van der Waals surface area contributed by atoms with Crippen LogP contribution in [0.25, 0.3) is 0 Å². The van der Waals surface area contributed by atoms with Gasteiger partial charge in [-0.05, 0) is 57.8 Å². The number of amides is 1. The maximum absolute atomic E-state index is 12.4. The fourth-order valence-corrected chi connectivity index (χ4v) is 5.21. The monoisotopic (exact) mass is 595 g/mol. The summed E-state index contributed by atoms with van der Waals surface area (Å²) in [5.74, 6) is -1.02. The van der Waals surface area contributed by atoms with Gasteiger partial charge in [-0.15, -0.1) is 0 Å². The second kappa shape index (κ2) is 28.4. The molecule has 2 unspecified atom stereocenters. The van der Waals surface area contributed by atoms with E-state index in [2.05, 4.69) is 55.6 Å². The van der Waals surface area contributed by atoms with Gasteiger partial charge in [0.15, 0.2) is 0 Å². The summed E-state index contributed by atoms with van der Waals surface area (Å²) in [7, 11) is -4.35. The minimum absolute atomic E-state index is 0.270. The lowest BCUT2D eigenvalue weighted by Gasteiger charge is -2.21. The number of carbonyl (C=O) groups is 1. The number of carbonyl (C=O) groups excluding carboxylic acids is 1. The van der Waals surface area contributed by atoms with Gasteiger partial charge < -0.3 is 10.4 Å². The quantitative estimate of drug-likeness (QED) is 0.0476. The molecule has 0 saturated heterocycles. The first-order chi connectivity index (χ1) is 19.8. The van der Waals surface area contributed by atoms with Crippen molar-refractivity contribution < 1.29 is 22.9 Å². The van der Waals surface area contributed by atoms with Crippen molar-refractivity contribution in [2.24, 2.45) is 0 Å². The van der Waals surface area contributed by atoms with E-state index in [1.165, 1.54) is 63.9 Å². The zero-order chi connectivity index (χ0) is 30.4. The summed E-state index contributed by atoms with van der Waals surface area (Å²) in [5, 5.41) is 13.1. The Hall–Kier alpha value is -1.70. The van der Waals surface area contributed by atoms with Crippen LogP contribution >= 0.6 is 0 Å². The number of aliphatic hydroxyl groups excluding tert-OH is 1. The molecule has 0 aliphatic heterocycles. The fourth-order valence-electron chi connectivity index (χ4n) is 4.48. The van der Waals surface area contributed by atoms with Gasteiger partial charge >= 0.3 is 0 Å². The number of nitrogens with one attached hydrogen (secondary N) is 1. The molecule has 0 rings (SSSR count). The van der Waals surface area contributed by atoms with Gasteiger partial charge in [0.1, 0.15) is 0 Å².